The molecule has 3 nitrogen and oxygen atoms in total. The van der Waals surface area contributed by atoms with Gasteiger partial charge in [-0.2, -0.15) is 0 Å². The number of nitrogens with zero attached hydrogens (tertiary/aromatic N) is 3. The first-order chi connectivity index (χ1) is 11.1. The molecule has 0 aliphatic carbocycles. The molecule has 0 N–H and O–H groups in total. The van der Waals surface area contributed by atoms with Crippen molar-refractivity contribution in [2.24, 2.45) is 5.92 Å². The molecule has 1 aromatic heterocycles. The van der Waals surface area contributed by atoms with E-state index in [0.29, 0.717) is 5.92 Å². The lowest BCUT2D eigenvalue weighted by molar-refractivity contribution is 0.509. The van der Waals surface area contributed by atoms with Crippen LogP contribution in [0.4, 0.5) is 0 Å². The van der Waals surface area contributed by atoms with Crippen LogP contribution in [-0.2, 0) is 0 Å². The Morgan fingerprint density at radius 3 is 1.43 bits per heavy atom. The highest BCUT2D eigenvalue weighted by molar-refractivity contribution is 5.60. The van der Waals surface area contributed by atoms with Gasteiger partial charge in [-0.3, -0.25) is 0 Å². The molecule has 23 heavy (non-hydrogen) atoms. The van der Waals surface area contributed by atoms with Crippen LogP contribution in [0.5, 0.6) is 0 Å². The van der Waals surface area contributed by atoms with Crippen LogP contribution in [0.15, 0.2) is 60.7 Å². The highest BCUT2D eigenvalue weighted by Crippen LogP contribution is 2.25. The first-order valence-corrected chi connectivity index (χ1v) is 8.02. The van der Waals surface area contributed by atoms with Crippen molar-refractivity contribution in [3.05, 3.63) is 66.5 Å². The molecule has 0 radical (unpaired) electrons. The van der Waals surface area contributed by atoms with Gasteiger partial charge in [0.25, 0.3) is 0 Å². The standard InChI is InChI=1S/C20H21N3/c1-14(2)15(3)18-21-19(16-10-6-4-7-11-16)23-20(22-18)17-12-8-5-9-13-17/h4-15H,1-3H3. The van der Waals surface area contributed by atoms with Gasteiger partial charge in [0.05, 0.1) is 0 Å². The molecule has 0 amide bonds. The fourth-order valence-corrected chi connectivity index (χ4v) is 2.33. The lowest BCUT2D eigenvalue weighted by atomic mass is 9.97. The van der Waals surface area contributed by atoms with Gasteiger partial charge in [0.2, 0.25) is 0 Å². The van der Waals surface area contributed by atoms with Crippen LogP contribution in [0.1, 0.15) is 32.5 Å². The quantitative estimate of drug-likeness (QED) is 0.683. The maximum Gasteiger partial charge on any atom is 0.163 e. The van der Waals surface area contributed by atoms with Crippen LogP contribution in [-0.4, -0.2) is 15.0 Å². The molecule has 3 aromatic rings. The molecule has 116 valence electrons. The summed E-state index contributed by atoms with van der Waals surface area (Å²) in [5, 5.41) is 0. The van der Waals surface area contributed by atoms with Crippen LogP contribution in [0.25, 0.3) is 22.8 Å². The molecular formula is C20H21N3. The van der Waals surface area contributed by atoms with E-state index < -0.39 is 0 Å². The van der Waals surface area contributed by atoms with Crippen LogP contribution >= 0.6 is 0 Å². The van der Waals surface area contributed by atoms with Gasteiger partial charge >= 0.3 is 0 Å². The summed E-state index contributed by atoms with van der Waals surface area (Å²) in [7, 11) is 0. The third kappa shape index (κ3) is 3.45. The number of hydrogen-bond acceptors (Lipinski definition) is 3. The number of rotatable bonds is 4. The summed E-state index contributed by atoms with van der Waals surface area (Å²) in [6.45, 7) is 6.56. The Morgan fingerprint density at radius 1 is 0.609 bits per heavy atom. The molecule has 1 heterocycles. The molecule has 0 saturated heterocycles. The second-order valence-corrected chi connectivity index (χ2v) is 6.11. The van der Waals surface area contributed by atoms with Crippen molar-refractivity contribution >= 4 is 0 Å². The largest absolute Gasteiger partial charge is 0.213 e. The first kappa shape index (κ1) is 15.3. The smallest absolute Gasteiger partial charge is 0.163 e. The molecule has 0 fully saturated rings. The van der Waals surface area contributed by atoms with E-state index in [1.807, 2.05) is 60.7 Å². The summed E-state index contributed by atoms with van der Waals surface area (Å²) < 4.78 is 0. The highest BCUT2D eigenvalue weighted by atomic mass is 15.0. The van der Waals surface area contributed by atoms with E-state index in [9.17, 15) is 0 Å². The van der Waals surface area contributed by atoms with Gasteiger partial charge in [-0.1, -0.05) is 81.4 Å². The van der Waals surface area contributed by atoms with Crippen LogP contribution in [0.2, 0.25) is 0 Å². The van der Waals surface area contributed by atoms with E-state index in [2.05, 4.69) is 20.8 Å². The molecule has 1 atom stereocenters. The number of aromatic nitrogens is 3. The lowest BCUT2D eigenvalue weighted by Crippen LogP contribution is -2.10. The minimum absolute atomic E-state index is 0.280. The summed E-state index contributed by atoms with van der Waals surface area (Å²) in [5.41, 5.74) is 2.04. The Morgan fingerprint density at radius 2 is 1.04 bits per heavy atom. The second kappa shape index (κ2) is 6.69. The van der Waals surface area contributed by atoms with Crippen molar-refractivity contribution in [3.8, 4) is 22.8 Å². The zero-order valence-corrected chi connectivity index (χ0v) is 13.8. The zero-order chi connectivity index (χ0) is 16.2. The van der Waals surface area contributed by atoms with E-state index in [4.69, 9.17) is 15.0 Å². The minimum Gasteiger partial charge on any atom is -0.213 e. The van der Waals surface area contributed by atoms with Gasteiger partial charge in [0, 0.05) is 17.0 Å². The van der Waals surface area contributed by atoms with E-state index >= 15 is 0 Å². The molecule has 0 spiro atoms. The topological polar surface area (TPSA) is 38.7 Å². The van der Waals surface area contributed by atoms with Gasteiger partial charge in [-0.15, -0.1) is 0 Å². The van der Waals surface area contributed by atoms with Gasteiger partial charge in [-0.25, -0.2) is 15.0 Å². The summed E-state index contributed by atoms with van der Waals surface area (Å²) in [5.74, 6) is 3.09. The van der Waals surface area contributed by atoms with Crippen LogP contribution in [0, 0.1) is 5.92 Å². The fraction of sp³-hybridized carbons (Fsp3) is 0.250. The Kier molecular flexibility index (Phi) is 4.47. The molecule has 3 rings (SSSR count). The molecule has 3 heteroatoms. The minimum atomic E-state index is 0.280. The maximum atomic E-state index is 4.73. The van der Waals surface area contributed by atoms with Crippen molar-refractivity contribution in [2.75, 3.05) is 0 Å². The normalized spacial score (nSPS) is 12.3. The number of hydrogen-bond donors (Lipinski definition) is 0. The summed E-state index contributed by atoms with van der Waals surface area (Å²) in [6, 6.07) is 20.2. The Balaban J connectivity index is 2.15. The molecule has 0 aliphatic heterocycles. The predicted molar refractivity (Wildman–Crippen MR) is 94.0 cm³/mol. The average Bonchev–Trinajstić information content (AvgIpc) is 2.62. The Hall–Kier alpha value is -2.55. The monoisotopic (exact) mass is 303 g/mol. The molecule has 1 unspecified atom stereocenters. The number of benzene rings is 2. The maximum absolute atomic E-state index is 4.73. The first-order valence-electron chi connectivity index (χ1n) is 8.02. The van der Waals surface area contributed by atoms with Crippen LogP contribution in [0.3, 0.4) is 0 Å². The zero-order valence-electron chi connectivity index (χ0n) is 13.8. The third-order valence-corrected chi connectivity index (χ3v) is 4.12. The van der Waals surface area contributed by atoms with Crippen molar-refractivity contribution < 1.29 is 0 Å². The highest BCUT2D eigenvalue weighted by Gasteiger charge is 2.17. The lowest BCUT2D eigenvalue weighted by Gasteiger charge is -2.16. The van der Waals surface area contributed by atoms with E-state index in [1.54, 1.807) is 0 Å². The average molecular weight is 303 g/mol. The third-order valence-electron chi connectivity index (χ3n) is 4.12. The van der Waals surface area contributed by atoms with Gasteiger partial charge in [-0.05, 0) is 5.92 Å². The van der Waals surface area contributed by atoms with Gasteiger partial charge in [0.15, 0.2) is 11.6 Å². The summed E-state index contributed by atoms with van der Waals surface area (Å²) in [6.07, 6.45) is 0. The fourth-order valence-electron chi connectivity index (χ4n) is 2.33. The van der Waals surface area contributed by atoms with E-state index in [0.717, 1.165) is 28.6 Å². The molecule has 2 aromatic carbocycles. The summed E-state index contributed by atoms with van der Waals surface area (Å²) >= 11 is 0. The van der Waals surface area contributed by atoms with Crippen molar-refractivity contribution in [3.63, 3.8) is 0 Å². The van der Waals surface area contributed by atoms with Gasteiger partial charge < -0.3 is 0 Å². The molecule has 0 saturated carbocycles. The Bertz CT molecular complexity index is 710. The van der Waals surface area contributed by atoms with Crippen molar-refractivity contribution in [2.45, 2.75) is 26.7 Å². The van der Waals surface area contributed by atoms with Gasteiger partial charge in [0.1, 0.15) is 5.82 Å². The SMILES string of the molecule is CC(C)C(C)c1nc(-c2ccccc2)nc(-c2ccccc2)n1. The van der Waals surface area contributed by atoms with Crippen molar-refractivity contribution in [1.29, 1.82) is 0 Å². The van der Waals surface area contributed by atoms with Crippen LogP contribution < -0.4 is 0 Å². The van der Waals surface area contributed by atoms with E-state index in [1.165, 1.54) is 0 Å². The Labute approximate surface area is 137 Å². The van der Waals surface area contributed by atoms with Crippen molar-refractivity contribution in [1.82, 2.24) is 15.0 Å². The molecule has 0 aliphatic rings. The summed E-state index contributed by atoms with van der Waals surface area (Å²) in [4.78, 5) is 14.1. The molecule has 0 bridgehead atoms. The van der Waals surface area contributed by atoms with E-state index in [-0.39, 0.29) is 5.92 Å². The second-order valence-electron chi connectivity index (χ2n) is 6.11. The predicted octanol–water partition coefficient (Wildman–Crippen LogP) is 4.97. The molecular weight excluding hydrogens is 282 g/mol.